The lowest BCUT2D eigenvalue weighted by atomic mass is 9.90. The largest absolute Gasteiger partial charge is 0.462 e. The molecule has 4 rings (SSSR count). The molecule has 0 spiro atoms. The molecule has 3 N–H and O–H groups in total. The van der Waals surface area contributed by atoms with Gasteiger partial charge in [-0.2, -0.15) is 0 Å². The summed E-state index contributed by atoms with van der Waals surface area (Å²) in [6.07, 6.45) is 6.40. The average Bonchev–Trinajstić information content (AvgIpc) is 3.32. The first-order chi connectivity index (χ1) is 12.3. The Bertz CT molecular complexity index is 883. The molecule has 0 bridgehead atoms. The van der Waals surface area contributed by atoms with Gasteiger partial charge in [-0.15, -0.1) is 11.3 Å². The second-order valence-electron chi connectivity index (χ2n) is 6.10. The predicted octanol–water partition coefficient (Wildman–Crippen LogP) is 4.21. The summed E-state index contributed by atoms with van der Waals surface area (Å²) in [6.45, 7) is 0.449. The summed E-state index contributed by atoms with van der Waals surface area (Å²) in [6, 6.07) is 10.1. The van der Waals surface area contributed by atoms with Crippen LogP contribution in [0, 0.1) is 0 Å². The van der Waals surface area contributed by atoms with Crippen LogP contribution in [0.2, 0.25) is 0 Å². The lowest BCUT2D eigenvalue weighted by molar-refractivity contribution is 0.581. The monoisotopic (exact) mass is 352 g/mol. The van der Waals surface area contributed by atoms with Crippen LogP contribution in [0.3, 0.4) is 0 Å². The molecule has 0 radical (unpaired) electrons. The lowest BCUT2D eigenvalue weighted by Crippen LogP contribution is -2.24. The maximum Gasteiger partial charge on any atom is 0.193 e. The van der Waals surface area contributed by atoms with Crippen molar-refractivity contribution < 1.29 is 4.42 Å². The number of nitrogens with zero attached hydrogens (tertiary/aromatic N) is 2. The number of nitrogens with one attached hydrogen (secondary N) is 1. The number of hydrogen-bond acceptors (Lipinski definition) is 4. The van der Waals surface area contributed by atoms with E-state index in [1.807, 2.05) is 17.5 Å². The molecule has 0 fully saturated rings. The summed E-state index contributed by atoms with van der Waals surface area (Å²) in [4.78, 5) is 8.97. The van der Waals surface area contributed by atoms with Gasteiger partial charge in [-0.05, 0) is 55.0 Å². The van der Waals surface area contributed by atoms with E-state index in [1.165, 1.54) is 24.0 Å². The van der Waals surface area contributed by atoms with Gasteiger partial charge in [0.05, 0.1) is 18.5 Å². The summed E-state index contributed by atoms with van der Waals surface area (Å²) >= 11 is 1.55. The van der Waals surface area contributed by atoms with E-state index in [0.29, 0.717) is 12.5 Å². The molecule has 25 heavy (non-hydrogen) atoms. The fraction of sp³-hybridized carbons (Fsp3) is 0.263. The van der Waals surface area contributed by atoms with Gasteiger partial charge < -0.3 is 15.5 Å². The first-order valence-electron chi connectivity index (χ1n) is 8.45. The van der Waals surface area contributed by atoms with Crippen molar-refractivity contribution in [2.45, 2.75) is 32.2 Å². The molecule has 5 nitrogen and oxygen atoms in total. The van der Waals surface area contributed by atoms with Crippen molar-refractivity contribution >= 4 is 23.0 Å². The molecular formula is C19H20N4OS. The SMILES string of the molecule is NC(=NCc1csc(-c2ccco2)n1)Nc1cccc2c1CCCC2. The third kappa shape index (κ3) is 3.58. The van der Waals surface area contributed by atoms with Crippen molar-refractivity contribution in [1.29, 1.82) is 0 Å². The van der Waals surface area contributed by atoms with Gasteiger partial charge in [0.15, 0.2) is 16.7 Å². The molecule has 1 aromatic carbocycles. The predicted molar refractivity (Wildman–Crippen MR) is 102 cm³/mol. The van der Waals surface area contributed by atoms with E-state index in [9.17, 15) is 0 Å². The fourth-order valence-corrected chi connectivity index (χ4v) is 3.91. The van der Waals surface area contributed by atoms with Crippen molar-refractivity contribution in [1.82, 2.24) is 4.98 Å². The minimum Gasteiger partial charge on any atom is -0.462 e. The van der Waals surface area contributed by atoms with Gasteiger partial charge in [0.2, 0.25) is 0 Å². The van der Waals surface area contributed by atoms with E-state index < -0.39 is 0 Å². The van der Waals surface area contributed by atoms with Crippen LogP contribution in [0.25, 0.3) is 10.8 Å². The number of fused-ring (bicyclic) bond motifs is 1. The summed E-state index contributed by atoms with van der Waals surface area (Å²) < 4.78 is 5.37. The number of rotatable bonds is 4. The maximum absolute atomic E-state index is 6.08. The molecule has 3 aromatic rings. The number of aromatic nitrogens is 1. The number of guanidine groups is 1. The molecule has 0 saturated heterocycles. The van der Waals surface area contributed by atoms with Gasteiger partial charge >= 0.3 is 0 Å². The van der Waals surface area contributed by atoms with Gasteiger partial charge in [0, 0.05) is 11.1 Å². The van der Waals surface area contributed by atoms with Crippen LogP contribution in [-0.4, -0.2) is 10.9 Å². The molecule has 0 unspecified atom stereocenters. The summed E-state index contributed by atoms with van der Waals surface area (Å²) in [7, 11) is 0. The summed E-state index contributed by atoms with van der Waals surface area (Å²) in [5.41, 5.74) is 10.8. The summed E-state index contributed by atoms with van der Waals surface area (Å²) in [5.74, 6) is 1.20. The lowest BCUT2D eigenvalue weighted by Gasteiger charge is -2.19. The fourth-order valence-electron chi connectivity index (χ4n) is 3.14. The van der Waals surface area contributed by atoms with Crippen molar-refractivity contribution in [3.63, 3.8) is 0 Å². The van der Waals surface area contributed by atoms with Crippen molar-refractivity contribution in [2.24, 2.45) is 10.7 Å². The van der Waals surface area contributed by atoms with Crippen LogP contribution < -0.4 is 11.1 Å². The van der Waals surface area contributed by atoms with Gasteiger partial charge in [-0.3, -0.25) is 0 Å². The topological polar surface area (TPSA) is 76.4 Å². The Hall–Kier alpha value is -2.60. The first kappa shape index (κ1) is 15.9. The molecule has 2 aromatic heterocycles. The number of thiazole rings is 1. The van der Waals surface area contributed by atoms with Crippen LogP contribution in [0.5, 0.6) is 0 Å². The summed E-state index contributed by atoms with van der Waals surface area (Å²) in [5, 5.41) is 6.10. The molecular weight excluding hydrogens is 332 g/mol. The second kappa shape index (κ2) is 7.11. The Balaban J connectivity index is 1.44. The van der Waals surface area contributed by atoms with E-state index in [2.05, 4.69) is 33.5 Å². The molecule has 6 heteroatoms. The Kier molecular flexibility index (Phi) is 4.52. The quantitative estimate of drug-likeness (QED) is 0.545. The zero-order chi connectivity index (χ0) is 17.1. The number of nitrogens with two attached hydrogens (primary N) is 1. The second-order valence-corrected chi connectivity index (χ2v) is 6.96. The highest BCUT2D eigenvalue weighted by molar-refractivity contribution is 7.13. The van der Waals surface area contributed by atoms with E-state index >= 15 is 0 Å². The van der Waals surface area contributed by atoms with E-state index in [-0.39, 0.29) is 0 Å². The van der Waals surface area contributed by atoms with Crippen LogP contribution in [0.1, 0.15) is 29.7 Å². The van der Waals surface area contributed by atoms with E-state index in [0.717, 1.165) is 35.0 Å². The Morgan fingerprint density at radius 3 is 3.04 bits per heavy atom. The number of hydrogen-bond donors (Lipinski definition) is 2. The molecule has 2 heterocycles. The average molecular weight is 352 g/mol. The highest BCUT2D eigenvalue weighted by atomic mass is 32.1. The van der Waals surface area contributed by atoms with Crippen molar-refractivity contribution in [3.8, 4) is 10.8 Å². The highest BCUT2D eigenvalue weighted by Crippen LogP contribution is 2.28. The zero-order valence-electron chi connectivity index (χ0n) is 13.9. The highest BCUT2D eigenvalue weighted by Gasteiger charge is 2.13. The first-order valence-corrected chi connectivity index (χ1v) is 9.33. The molecule has 1 aliphatic rings. The zero-order valence-corrected chi connectivity index (χ0v) is 14.7. The normalized spacial score (nSPS) is 14.3. The molecule has 0 saturated carbocycles. The van der Waals surface area contributed by atoms with Gasteiger partial charge in [-0.25, -0.2) is 9.98 Å². The molecule has 0 aliphatic heterocycles. The number of anilines is 1. The molecule has 128 valence electrons. The molecule has 1 aliphatic carbocycles. The van der Waals surface area contributed by atoms with Gasteiger partial charge in [-0.1, -0.05) is 12.1 Å². The minimum atomic E-state index is 0.423. The van der Waals surface area contributed by atoms with Crippen LogP contribution in [-0.2, 0) is 19.4 Å². The van der Waals surface area contributed by atoms with Gasteiger partial charge in [0.1, 0.15) is 0 Å². The van der Waals surface area contributed by atoms with Gasteiger partial charge in [0.25, 0.3) is 0 Å². The smallest absolute Gasteiger partial charge is 0.193 e. The van der Waals surface area contributed by atoms with Crippen LogP contribution >= 0.6 is 11.3 Å². The van der Waals surface area contributed by atoms with Crippen molar-refractivity contribution in [2.75, 3.05) is 5.32 Å². The third-order valence-corrected chi connectivity index (χ3v) is 5.26. The third-order valence-electron chi connectivity index (χ3n) is 4.35. The number of aryl methyl sites for hydroxylation is 1. The maximum atomic E-state index is 6.08. The molecule has 0 amide bonds. The van der Waals surface area contributed by atoms with Crippen LogP contribution in [0.4, 0.5) is 5.69 Å². The van der Waals surface area contributed by atoms with E-state index in [1.54, 1.807) is 17.6 Å². The number of furan rings is 1. The Morgan fingerprint density at radius 1 is 1.24 bits per heavy atom. The molecule has 0 atom stereocenters. The number of aliphatic imine (C=N–C) groups is 1. The van der Waals surface area contributed by atoms with E-state index in [4.69, 9.17) is 10.2 Å². The standard InChI is InChI=1S/C19H20N4OS/c20-19(23-16-8-3-6-13-5-1-2-7-15(13)16)21-11-14-12-25-18(22-14)17-9-4-10-24-17/h3-4,6,8-10,12H,1-2,5,7,11H2,(H3,20,21,23). The number of benzene rings is 1. The minimum absolute atomic E-state index is 0.423. The van der Waals surface area contributed by atoms with Crippen LogP contribution in [0.15, 0.2) is 51.4 Å². The Labute approximate surface area is 150 Å². The van der Waals surface area contributed by atoms with Crippen molar-refractivity contribution in [3.05, 3.63) is 58.8 Å². The Morgan fingerprint density at radius 2 is 2.16 bits per heavy atom.